The molecule has 1 saturated heterocycles. The van der Waals surface area contributed by atoms with Gasteiger partial charge >= 0.3 is 6.18 Å². The average molecular weight is 361 g/mol. The zero-order chi connectivity index (χ0) is 17.9. The Balaban J connectivity index is 2.07. The van der Waals surface area contributed by atoms with Crippen molar-refractivity contribution >= 4 is 29.0 Å². The third-order valence-corrected chi connectivity index (χ3v) is 4.23. The van der Waals surface area contributed by atoms with Gasteiger partial charge in [-0.25, -0.2) is 0 Å². The molecule has 4 nitrogen and oxygen atoms in total. The lowest BCUT2D eigenvalue weighted by molar-refractivity contribution is -0.165. The number of alkyl halides is 3. The van der Waals surface area contributed by atoms with Crippen molar-refractivity contribution in [1.82, 2.24) is 4.90 Å². The predicted octanol–water partition coefficient (Wildman–Crippen LogP) is 3.70. The zero-order valence-corrected chi connectivity index (χ0v) is 13.6. The van der Waals surface area contributed by atoms with Crippen molar-refractivity contribution in [3.63, 3.8) is 0 Å². The Bertz CT molecular complexity index is 674. The van der Waals surface area contributed by atoms with Crippen LogP contribution in [0.15, 0.2) is 30.5 Å². The van der Waals surface area contributed by atoms with Gasteiger partial charge in [0.05, 0.1) is 0 Å². The first-order valence-electron chi connectivity index (χ1n) is 7.31. The van der Waals surface area contributed by atoms with E-state index in [2.05, 4.69) is 5.32 Å². The Morgan fingerprint density at radius 3 is 2.75 bits per heavy atom. The summed E-state index contributed by atoms with van der Waals surface area (Å²) >= 11 is 6.00. The molecule has 1 aliphatic heterocycles. The number of likely N-dealkylation sites (tertiary alicyclic amines) is 1. The molecule has 130 valence electrons. The molecular formula is C16H16ClF3N2O2. The van der Waals surface area contributed by atoms with Crippen molar-refractivity contribution in [3.8, 4) is 0 Å². The Morgan fingerprint density at radius 1 is 1.38 bits per heavy atom. The second kappa shape index (κ2) is 7.25. The van der Waals surface area contributed by atoms with E-state index in [9.17, 15) is 22.8 Å². The molecule has 0 aliphatic carbocycles. The molecule has 0 saturated carbocycles. The van der Waals surface area contributed by atoms with Gasteiger partial charge in [0.15, 0.2) is 0 Å². The number of rotatable bonds is 4. The summed E-state index contributed by atoms with van der Waals surface area (Å²) in [7, 11) is 0. The zero-order valence-electron chi connectivity index (χ0n) is 12.9. The van der Waals surface area contributed by atoms with E-state index in [0.29, 0.717) is 41.7 Å². The van der Waals surface area contributed by atoms with Gasteiger partial charge < -0.3 is 10.2 Å². The van der Waals surface area contributed by atoms with E-state index in [4.69, 9.17) is 11.6 Å². The standard InChI is InChI=1S/C16H16ClF3N2O2/c1-10-11(17)4-2-5-12(10)21-15(24)13-6-3-8-22(13)9-7-14(23)16(18,19)20/h2,4-5,7,9,13H,3,6,8H2,1H3,(H,21,24). The molecular weight excluding hydrogens is 345 g/mol. The first-order chi connectivity index (χ1) is 11.2. The van der Waals surface area contributed by atoms with Crippen LogP contribution in [-0.4, -0.2) is 35.4 Å². The van der Waals surface area contributed by atoms with Crippen LogP contribution in [0.1, 0.15) is 18.4 Å². The number of hydrogen-bond acceptors (Lipinski definition) is 3. The number of nitrogens with zero attached hydrogens (tertiary/aromatic N) is 1. The van der Waals surface area contributed by atoms with Crippen LogP contribution >= 0.6 is 11.6 Å². The molecule has 0 aromatic heterocycles. The normalized spacial score (nSPS) is 18.2. The molecule has 8 heteroatoms. The SMILES string of the molecule is Cc1c(Cl)cccc1NC(=O)C1CCCN1C=CC(=O)C(F)(F)F. The van der Waals surface area contributed by atoms with Gasteiger partial charge in [-0.15, -0.1) is 0 Å². The summed E-state index contributed by atoms with van der Waals surface area (Å²) < 4.78 is 36.7. The maximum absolute atomic E-state index is 12.4. The van der Waals surface area contributed by atoms with Gasteiger partial charge in [-0.1, -0.05) is 17.7 Å². The number of halogens is 4. The number of hydrogen-bond donors (Lipinski definition) is 1. The number of benzene rings is 1. The van der Waals surface area contributed by atoms with Crippen molar-refractivity contribution in [2.75, 3.05) is 11.9 Å². The van der Waals surface area contributed by atoms with Crippen LogP contribution < -0.4 is 5.32 Å². The highest BCUT2D eigenvalue weighted by Gasteiger charge is 2.37. The van der Waals surface area contributed by atoms with Crippen molar-refractivity contribution in [3.05, 3.63) is 41.1 Å². The predicted molar refractivity (Wildman–Crippen MR) is 84.7 cm³/mol. The van der Waals surface area contributed by atoms with E-state index in [0.717, 1.165) is 6.20 Å². The summed E-state index contributed by atoms with van der Waals surface area (Å²) in [4.78, 5) is 24.8. The molecule has 0 bridgehead atoms. The monoisotopic (exact) mass is 360 g/mol. The summed E-state index contributed by atoms with van der Waals surface area (Å²) in [6, 6.07) is 4.46. The number of anilines is 1. The highest BCUT2D eigenvalue weighted by atomic mass is 35.5. The van der Waals surface area contributed by atoms with E-state index < -0.39 is 18.0 Å². The molecule has 1 aromatic rings. The van der Waals surface area contributed by atoms with E-state index >= 15 is 0 Å². The molecule has 1 fully saturated rings. The third kappa shape index (κ3) is 4.29. The number of carbonyl (C=O) groups is 2. The molecule has 0 radical (unpaired) electrons. The van der Waals surface area contributed by atoms with Crippen LogP contribution in [0.2, 0.25) is 5.02 Å². The van der Waals surface area contributed by atoms with Crippen molar-refractivity contribution in [2.24, 2.45) is 0 Å². The van der Waals surface area contributed by atoms with Gasteiger partial charge in [-0.3, -0.25) is 9.59 Å². The molecule has 1 amide bonds. The minimum Gasteiger partial charge on any atom is -0.365 e. The summed E-state index contributed by atoms with van der Waals surface area (Å²) in [5.74, 6) is -2.29. The van der Waals surface area contributed by atoms with Gasteiger partial charge in [0, 0.05) is 29.5 Å². The van der Waals surface area contributed by atoms with Crippen molar-refractivity contribution in [2.45, 2.75) is 32.0 Å². The molecule has 0 spiro atoms. The van der Waals surface area contributed by atoms with Crippen LogP contribution in [-0.2, 0) is 9.59 Å². The van der Waals surface area contributed by atoms with E-state index in [-0.39, 0.29) is 5.91 Å². The Morgan fingerprint density at radius 2 is 2.08 bits per heavy atom. The number of allylic oxidation sites excluding steroid dienone is 1. The largest absolute Gasteiger partial charge is 0.454 e. The summed E-state index contributed by atoms with van der Waals surface area (Å²) in [5.41, 5.74) is 1.26. The molecule has 1 N–H and O–H groups in total. The van der Waals surface area contributed by atoms with Gasteiger partial charge in [0.25, 0.3) is 5.78 Å². The van der Waals surface area contributed by atoms with Gasteiger partial charge in [-0.2, -0.15) is 13.2 Å². The Kier molecular flexibility index (Phi) is 5.54. The van der Waals surface area contributed by atoms with Gasteiger partial charge in [0.2, 0.25) is 5.91 Å². The lowest BCUT2D eigenvalue weighted by atomic mass is 10.1. The van der Waals surface area contributed by atoms with Crippen molar-refractivity contribution < 1.29 is 22.8 Å². The maximum Gasteiger partial charge on any atom is 0.454 e. The van der Waals surface area contributed by atoms with Crippen LogP contribution in [0.3, 0.4) is 0 Å². The molecule has 1 atom stereocenters. The quantitative estimate of drug-likeness (QED) is 0.833. The van der Waals surface area contributed by atoms with E-state index in [1.807, 2.05) is 0 Å². The fraction of sp³-hybridized carbons (Fsp3) is 0.375. The van der Waals surface area contributed by atoms with Gasteiger partial charge in [0.1, 0.15) is 6.04 Å². The van der Waals surface area contributed by atoms with Crippen molar-refractivity contribution in [1.29, 1.82) is 0 Å². The lowest BCUT2D eigenvalue weighted by Crippen LogP contribution is -2.37. The highest BCUT2D eigenvalue weighted by Crippen LogP contribution is 2.25. The number of ketones is 1. The van der Waals surface area contributed by atoms with E-state index in [1.165, 1.54) is 4.90 Å². The molecule has 1 aliphatic rings. The lowest BCUT2D eigenvalue weighted by Gasteiger charge is -2.22. The van der Waals surface area contributed by atoms with E-state index in [1.54, 1.807) is 25.1 Å². The first kappa shape index (κ1) is 18.3. The topological polar surface area (TPSA) is 49.4 Å². The second-order valence-electron chi connectivity index (χ2n) is 5.48. The Labute approximate surface area is 142 Å². The minimum atomic E-state index is -4.91. The summed E-state index contributed by atoms with van der Waals surface area (Å²) in [6.07, 6.45) is -2.27. The number of nitrogens with one attached hydrogen (secondary N) is 1. The maximum atomic E-state index is 12.4. The smallest absolute Gasteiger partial charge is 0.365 e. The van der Waals surface area contributed by atoms with Crippen LogP contribution in [0.4, 0.5) is 18.9 Å². The number of carbonyl (C=O) groups excluding carboxylic acids is 2. The van der Waals surface area contributed by atoms with Crippen LogP contribution in [0.5, 0.6) is 0 Å². The van der Waals surface area contributed by atoms with Crippen LogP contribution in [0, 0.1) is 6.92 Å². The average Bonchev–Trinajstić information content (AvgIpc) is 2.97. The summed E-state index contributed by atoms with van der Waals surface area (Å²) in [5, 5.41) is 3.24. The number of amides is 1. The molecule has 1 aromatic carbocycles. The fourth-order valence-corrected chi connectivity index (χ4v) is 2.64. The minimum absolute atomic E-state index is 0.345. The molecule has 1 unspecified atom stereocenters. The summed E-state index contributed by atoms with van der Waals surface area (Å²) in [6.45, 7) is 2.17. The second-order valence-corrected chi connectivity index (χ2v) is 5.88. The molecule has 1 heterocycles. The fourth-order valence-electron chi connectivity index (χ4n) is 2.47. The molecule has 24 heavy (non-hydrogen) atoms. The third-order valence-electron chi connectivity index (χ3n) is 3.82. The Hall–Kier alpha value is -2.02. The first-order valence-corrected chi connectivity index (χ1v) is 7.69. The molecule has 2 rings (SSSR count). The highest BCUT2D eigenvalue weighted by molar-refractivity contribution is 6.31. The van der Waals surface area contributed by atoms with Crippen LogP contribution in [0.25, 0.3) is 0 Å². The van der Waals surface area contributed by atoms with Gasteiger partial charge in [-0.05, 0) is 37.5 Å².